The van der Waals surface area contributed by atoms with Crippen molar-refractivity contribution in [3.63, 3.8) is 0 Å². The zero-order chi connectivity index (χ0) is 20.2. The maximum absolute atomic E-state index is 3.86. The first-order chi connectivity index (χ1) is 13.9. The average molecular weight is 632 g/mol. The van der Waals surface area contributed by atoms with Crippen molar-refractivity contribution >= 4 is 47.2 Å². The summed E-state index contributed by atoms with van der Waals surface area (Å²) in [5.74, 6) is 0. The van der Waals surface area contributed by atoms with E-state index in [1.54, 1.807) is 25.6 Å². The first kappa shape index (κ1) is 24.4. The van der Waals surface area contributed by atoms with Crippen molar-refractivity contribution in [3.8, 4) is 0 Å². The van der Waals surface area contributed by atoms with E-state index in [2.05, 4.69) is 116 Å². The molecule has 0 spiro atoms. The molecule has 160 valence electrons. The Kier molecular flexibility index (Phi) is 6.81. The van der Waals surface area contributed by atoms with Crippen LogP contribution in [0.3, 0.4) is 0 Å². The molecule has 4 heteroatoms. The normalized spacial score (nSPS) is 19.4. The van der Waals surface area contributed by atoms with Gasteiger partial charge in [0, 0.05) is 0 Å². The smallest absolute Gasteiger partial charge is 0.147 e. The molecule has 0 saturated carbocycles. The van der Waals surface area contributed by atoms with E-state index in [1.165, 1.54) is 11.1 Å². The monoisotopic (exact) mass is 632 g/mol. The number of halogens is 2. The number of benzene rings is 3. The van der Waals surface area contributed by atoms with Crippen molar-refractivity contribution in [1.29, 1.82) is 0 Å². The average Bonchev–Trinajstić information content (AvgIpc) is 3.25. The Morgan fingerprint density at radius 1 is 0.613 bits per heavy atom. The van der Waals surface area contributed by atoms with Crippen molar-refractivity contribution < 1.29 is 17.1 Å². The fourth-order valence-electron chi connectivity index (χ4n) is 6.51. The van der Waals surface area contributed by atoms with Crippen molar-refractivity contribution in [2.45, 2.75) is 25.9 Å². The van der Waals surface area contributed by atoms with Gasteiger partial charge in [0.15, 0.2) is 0 Å². The summed E-state index contributed by atoms with van der Waals surface area (Å²) in [6.45, 7) is 7.18. The molecule has 0 aliphatic heterocycles. The minimum absolute atomic E-state index is 0. The molecule has 0 fully saturated rings. The molecule has 0 amide bonds. The molecule has 0 aromatic heterocycles. The molecule has 5 rings (SSSR count). The summed E-state index contributed by atoms with van der Waals surface area (Å²) >= 11 is -3.86. The van der Waals surface area contributed by atoms with Crippen LogP contribution in [0.15, 0.2) is 90.0 Å². The van der Waals surface area contributed by atoms with Gasteiger partial charge in [-0.25, -0.2) is 0 Å². The molecule has 31 heavy (non-hydrogen) atoms. The summed E-state index contributed by atoms with van der Waals surface area (Å²) in [6.07, 6.45) is 4.91. The largest absolute Gasteiger partial charge is 0.147 e. The Hall–Kier alpha value is -1.19. The number of hydrogen-bond donors (Lipinski definition) is 0. The molecule has 0 N–H and O–H groups in total. The van der Waals surface area contributed by atoms with Gasteiger partial charge in [-0.05, 0) is 0 Å². The Bertz CT molecular complexity index is 1190. The van der Waals surface area contributed by atoms with Gasteiger partial charge in [-0.1, -0.05) is 0 Å². The summed E-state index contributed by atoms with van der Waals surface area (Å²) in [5.41, 5.74) is 9.07. The van der Waals surface area contributed by atoms with E-state index in [4.69, 9.17) is 0 Å². The third kappa shape index (κ3) is 3.51. The van der Waals surface area contributed by atoms with Gasteiger partial charge in [0.25, 0.3) is 0 Å². The zero-order valence-electron chi connectivity index (χ0n) is 18.3. The molecular weight excluding hydrogens is 602 g/mol. The first-order valence-corrected chi connectivity index (χ1v) is 28.4. The molecule has 0 radical (unpaired) electrons. The van der Waals surface area contributed by atoms with Gasteiger partial charge in [0.1, 0.15) is 0 Å². The van der Waals surface area contributed by atoms with Crippen LogP contribution in [0.25, 0.3) is 12.2 Å². The maximum atomic E-state index is 2.74. The van der Waals surface area contributed by atoms with E-state index in [9.17, 15) is 0 Å². The van der Waals surface area contributed by atoms with E-state index in [0.717, 1.165) is 0 Å². The topological polar surface area (TPSA) is 0 Å². The molecule has 0 nitrogen and oxygen atoms in total. The molecule has 2 aliphatic rings. The number of hydrogen-bond acceptors (Lipinski definition) is 0. The van der Waals surface area contributed by atoms with Gasteiger partial charge < -0.3 is 0 Å². The third-order valence-corrected chi connectivity index (χ3v) is 41.7. The maximum Gasteiger partial charge on any atom is -0.147 e. The Morgan fingerprint density at radius 2 is 1.00 bits per heavy atom. The molecule has 3 aromatic rings. The fraction of sp³-hybridized carbons (Fsp3) is 0.185. The molecule has 0 heterocycles. The van der Waals surface area contributed by atoms with Gasteiger partial charge in [0.05, 0.1) is 0 Å². The van der Waals surface area contributed by atoms with Crippen LogP contribution in [0, 0.1) is 0 Å². The third-order valence-electron chi connectivity index (χ3n) is 7.50. The van der Waals surface area contributed by atoms with E-state index < -0.39 is 17.1 Å². The Labute approximate surface area is 201 Å². The van der Waals surface area contributed by atoms with Crippen LogP contribution in [0.1, 0.15) is 43.5 Å². The molecule has 3 aromatic carbocycles. The zero-order valence-corrected chi connectivity index (χ0v) is 25.0. The standard InChI is InChI=1S/2C10H9.C6H5.CH3.2ClH.Hf.H2Si/c2*1-8-6-9-4-2-3-5-10(9)7-8;1-2-4-6-5-3-1;;;;;/h2*2-7H,1H3;1-5H;1H3;2*1H;;1H2. The number of rotatable bonds is 3. The van der Waals surface area contributed by atoms with Gasteiger partial charge in [0.2, 0.25) is 0 Å². The summed E-state index contributed by atoms with van der Waals surface area (Å²) in [5, 5.41) is 0. The van der Waals surface area contributed by atoms with Crippen LogP contribution >= 0.6 is 24.8 Å². The van der Waals surface area contributed by atoms with Crippen molar-refractivity contribution in [2.24, 2.45) is 0 Å². The van der Waals surface area contributed by atoms with Crippen LogP contribution < -0.4 is 3.32 Å². The fourth-order valence-corrected chi connectivity index (χ4v) is 42.8. The summed E-state index contributed by atoms with van der Waals surface area (Å²) in [4.78, 5) is 0. The van der Waals surface area contributed by atoms with E-state index >= 15 is 0 Å². The molecule has 2 aliphatic carbocycles. The predicted molar refractivity (Wildman–Crippen MR) is 141 cm³/mol. The summed E-state index contributed by atoms with van der Waals surface area (Å²) in [6, 6.07) is 29.8. The summed E-state index contributed by atoms with van der Waals surface area (Å²) < 4.78 is 5.46. The molecule has 0 bridgehead atoms. The second-order valence-corrected chi connectivity index (χ2v) is 47.0. The van der Waals surface area contributed by atoms with Crippen molar-refractivity contribution in [2.75, 3.05) is 0 Å². The number of fused-ring (bicyclic) bond motifs is 2. The minimum atomic E-state index is -3.86. The van der Waals surface area contributed by atoms with Crippen LogP contribution in [-0.4, -0.2) is 6.94 Å². The van der Waals surface area contributed by atoms with Crippen LogP contribution in [0.2, 0.25) is 4.68 Å². The SMILES string of the molecule is CC1=Cc2ccccc2[CH]1[Hf]([CH3])(=[SiH2])([c]1ccccc1)[CH]1C(C)=Cc2ccccc21.Cl.Cl. The Morgan fingerprint density at radius 3 is 1.45 bits per heavy atom. The quantitative estimate of drug-likeness (QED) is 0.281. The van der Waals surface area contributed by atoms with Gasteiger partial charge in [-0.3, -0.25) is 0 Å². The minimum Gasteiger partial charge on any atom is -0.147 e. The van der Waals surface area contributed by atoms with Crippen molar-refractivity contribution in [3.05, 3.63) is 112 Å². The summed E-state index contributed by atoms with van der Waals surface area (Å²) in [7, 11) is 0. The van der Waals surface area contributed by atoms with E-state index in [1.807, 2.05) is 0 Å². The molecule has 2 atom stereocenters. The predicted octanol–water partition coefficient (Wildman–Crippen LogP) is 6.76. The molecular formula is C27H30Cl2HfSi. The molecule has 0 saturated heterocycles. The van der Waals surface area contributed by atoms with Crippen LogP contribution in [0.5, 0.6) is 0 Å². The van der Waals surface area contributed by atoms with Crippen LogP contribution in [-0.2, 0) is 17.1 Å². The second-order valence-electron chi connectivity index (χ2n) is 9.49. The van der Waals surface area contributed by atoms with Gasteiger partial charge >= 0.3 is 178 Å². The van der Waals surface area contributed by atoms with E-state index in [0.29, 0.717) is 7.35 Å². The Balaban J connectivity index is 0.00000136. The van der Waals surface area contributed by atoms with Crippen molar-refractivity contribution in [1.82, 2.24) is 0 Å². The van der Waals surface area contributed by atoms with Crippen LogP contribution in [0.4, 0.5) is 0 Å². The second kappa shape index (κ2) is 8.63. The number of allylic oxidation sites excluding steroid dienone is 2. The van der Waals surface area contributed by atoms with Gasteiger partial charge in [-0.2, -0.15) is 0 Å². The first-order valence-electron chi connectivity index (χ1n) is 10.6. The van der Waals surface area contributed by atoms with Gasteiger partial charge in [-0.15, -0.1) is 24.8 Å². The molecule has 2 unspecified atom stereocenters. The van der Waals surface area contributed by atoms with E-state index in [-0.39, 0.29) is 24.8 Å².